The van der Waals surface area contributed by atoms with Gasteiger partial charge < -0.3 is 26.9 Å². The number of nitrogen functional groups attached to an aromatic ring is 1. The van der Waals surface area contributed by atoms with Crippen molar-refractivity contribution in [3.63, 3.8) is 0 Å². The molecule has 2 aromatic heterocycles. The predicted molar refractivity (Wildman–Crippen MR) is 130 cm³/mol. The summed E-state index contributed by atoms with van der Waals surface area (Å²) in [6.07, 6.45) is 2.93. The van der Waals surface area contributed by atoms with Crippen LogP contribution < -0.4 is 33.2 Å². The van der Waals surface area contributed by atoms with Gasteiger partial charge in [-0.3, -0.25) is 14.4 Å². The monoisotopic (exact) mass is 507 g/mol. The van der Waals surface area contributed by atoms with Crippen LogP contribution in [0.3, 0.4) is 0 Å². The number of H-pyrrole nitrogens is 1. The fourth-order valence-corrected chi connectivity index (χ4v) is 4.83. The lowest BCUT2D eigenvalue weighted by Crippen LogP contribution is -2.36. The number of benzene rings is 1. The van der Waals surface area contributed by atoms with E-state index >= 15 is 0 Å². The van der Waals surface area contributed by atoms with Crippen molar-refractivity contribution in [3.05, 3.63) is 76.6 Å². The number of halogens is 2. The van der Waals surface area contributed by atoms with Crippen molar-refractivity contribution in [2.45, 2.75) is 25.8 Å². The summed E-state index contributed by atoms with van der Waals surface area (Å²) in [5.41, 5.74) is 10.5. The third-order valence-electron chi connectivity index (χ3n) is 5.25. The van der Waals surface area contributed by atoms with Crippen LogP contribution >= 0.6 is 23.7 Å². The molecule has 10 nitrogen and oxygen atoms in total. The number of nitrogens with zero attached hydrogens (tertiary/aromatic N) is 1. The molecule has 0 saturated carbocycles. The number of thiophene rings is 1. The van der Waals surface area contributed by atoms with Crippen molar-refractivity contribution in [2.75, 3.05) is 11.1 Å². The number of aromatic nitrogens is 2. The first-order valence-corrected chi connectivity index (χ1v) is 10.6. The Hall–Kier alpha value is -3.61. The highest BCUT2D eigenvalue weighted by atomic mass is 35.5. The standard InChI is InChI=1S/C11H10FN3O2.C10H8N2O3S.ClH/c12-6-2-1-5(4-13)3-7(6)15-9-8(14)10(16)11(9)17;13-8-6-4-2-1-3-5(4)16-9(6)12-7(11-8)10(14)15;/h1-3,15H,4,13-14H2;1-3H2,(H,14,15)(H,11,12,13);1H. The lowest BCUT2D eigenvalue weighted by Gasteiger charge is -2.11. The van der Waals surface area contributed by atoms with E-state index in [9.17, 15) is 23.6 Å². The largest absolute Gasteiger partial charge is 0.475 e. The average molecular weight is 508 g/mol. The molecule has 0 radical (unpaired) electrons. The summed E-state index contributed by atoms with van der Waals surface area (Å²) in [6, 6.07) is 4.23. The second-order valence-corrected chi connectivity index (χ2v) is 8.43. The second kappa shape index (κ2) is 9.71. The molecular weight excluding hydrogens is 489 g/mol. The zero-order valence-corrected chi connectivity index (χ0v) is 19.1. The molecule has 4 aromatic rings. The minimum Gasteiger partial charge on any atom is -0.475 e. The predicted octanol–water partition coefficient (Wildman–Crippen LogP) is 1.80. The number of hydrogen-bond acceptors (Lipinski definition) is 9. The van der Waals surface area contributed by atoms with Crippen molar-refractivity contribution < 1.29 is 14.3 Å². The number of rotatable bonds is 4. The molecule has 0 spiro atoms. The van der Waals surface area contributed by atoms with E-state index in [-0.39, 0.29) is 47.4 Å². The molecule has 1 aliphatic rings. The highest BCUT2D eigenvalue weighted by molar-refractivity contribution is 7.18. The number of hydrogen-bond donors (Lipinski definition) is 5. The number of aromatic amines is 1. The quantitative estimate of drug-likeness (QED) is 0.257. The van der Waals surface area contributed by atoms with Crippen molar-refractivity contribution in [1.29, 1.82) is 0 Å². The molecular formula is C21H19ClFN5O5S. The van der Waals surface area contributed by atoms with Gasteiger partial charge in [0.05, 0.1) is 11.1 Å². The summed E-state index contributed by atoms with van der Waals surface area (Å²) < 4.78 is 13.4. The highest BCUT2D eigenvalue weighted by Gasteiger charge is 2.22. The van der Waals surface area contributed by atoms with Gasteiger partial charge in [-0.1, -0.05) is 6.07 Å². The van der Waals surface area contributed by atoms with Crippen LogP contribution in [0, 0.1) is 5.82 Å². The van der Waals surface area contributed by atoms with Crippen LogP contribution in [0.5, 0.6) is 0 Å². The van der Waals surface area contributed by atoms with Crippen LogP contribution in [0.25, 0.3) is 10.2 Å². The van der Waals surface area contributed by atoms with E-state index in [0.717, 1.165) is 24.8 Å². The first-order valence-electron chi connectivity index (χ1n) is 9.83. The van der Waals surface area contributed by atoms with Crippen LogP contribution in [0.4, 0.5) is 21.5 Å². The Kier molecular flexibility index (Phi) is 7.15. The van der Waals surface area contributed by atoms with Crippen LogP contribution in [0.2, 0.25) is 0 Å². The minimum absolute atomic E-state index is 0. The number of carbonyl (C=O) groups is 1. The third-order valence-corrected chi connectivity index (χ3v) is 6.44. The van der Waals surface area contributed by atoms with E-state index in [1.165, 1.54) is 34.4 Å². The molecule has 7 N–H and O–H groups in total. The SMILES string of the molecule is Cl.NCc1ccc(F)c(Nc2c(N)c(=O)c2=O)c1.O=C(O)c1nc2sc3c(c2c(=O)[nH]1)CCC3. The van der Waals surface area contributed by atoms with Crippen LogP contribution in [-0.2, 0) is 19.4 Å². The second-order valence-electron chi connectivity index (χ2n) is 7.35. The molecule has 0 atom stereocenters. The molecule has 5 rings (SSSR count). The molecule has 0 bridgehead atoms. The van der Waals surface area contributed by atoms with Crippen LogP contribution in [-0.4, -0.2) is 21.0 Å². The van der Waals surface area contributed by atoms with Crippen molar-refractivity contribution in [1.82, 2.24) is 9.97 Å². The molecule has 13 heteroatoms. The summed E-state index contributed by atoms with van der Waals surface area (Å²) in [7, 11) is 0. The zero-order chi connectivity index (χ0) is 23.9. The average Bonchev–Trinajstić information content (AvgIpc) is 3.39. The molecule has 0 unspecified atom stereocenters. The Bertz CT molecular complexity index is 1540. The Morgan fingerprint density at radius 3 is 2.62 bits per heavy atom. The summed E-state index contributed by atoms with van der Waals surface area (Å²) >= 11 is 1.44. The molecule has 0 saturated heterocycles. The van der Waals surface area contributed by atoms with Gasteiger partial charge in [-0.05, 0) is 42.5 Å². The summed E-state index contributed by atoms with van der Waals surface area (Å²) in [5, 5.41) is 11.9. The maximum Gasteiger partial charge on any atom is 0.372 e. The van der Waals surface area contributed by atoms with E-state index in [1.807, 2.05) is 0 Å². The van der Waals surface area contributed by atoms with Crippen LogP contribution in [0.15, 0.2) is 32.6 Å². The summed E-state index contributed by atoms with van der Waals surface area (Å²) in [5.74, 6) is -2.03. The molecule has 0 fully saturated rings. The van der Waals surface area contributed by atoms with Gasteiger partial charge in [0, 0.05) is 11.4 Å². The molecule has 2 aromatic carbocycles. The highest BCUT2D eigenvalue weighted by Crippen LogP contribution is 2.34. The lowest BCUT2D eigenvalue weighted by atomic mass is 10.1. The Morgan fingerprint density at radius 2 is 1.97 bits per heavy atom. The van der Waals surface area contributed by atoms with Crippen molar-refractivity contribution >= 4 is 57.0 Å². The number of nitrogens with one attached hydrogen (secondary N) is 2. The molecule has 0 amide bonds. The Balaban J connectivity index is 0.000000185. The van der Waals surface area contributed by atoms with E-state index in [2.05, 4.69) is 15.3 Å². The molecule has 2 heterocycles. The first kappa shape index (κ1) is 25.0. The van der Waals surface area contributed by atoms with E-state index < -0.39 is 22.6 Å². The number of aromatic carboxylic acids is 1. The van der Waals surface area contributed by atoms with E-state index in [1.54, 1.807) is 0 Å². The molecule has 178 valence electrons. The van der Waals surface area contributed by atoms with Gasteiger partial charge in [-0.15, -0.1) is 23.7 Å². The number of fused-ring (bicyclic) bond motifs is 3. The number of anilines is 3. The van der Waals surface area contributed by atoms with Gasteiger partial charge in [0.25, 0.3) is 16.4 Å². The van der Waals surface area contributed by atoms with Gasteiger partial charge in [0.1, 0.15) is 22.0 Å². The van der Waals surface area contributed by atoms with Gasteiger partial charge >= 0.3 is 5.97 Å². The fourth-order valence-electron chi connectivity index (χ4n) is 3.57. The summed E-state index contributed by atoms with van der Waals surface area (Å²) in [6.45, 7) is 0.246. The number of nitrogens with two attached hydrogens (primary N) is 2. The number of carboxylic acids is 1. The fraction of sp³-hybridized carbons (Fsp3) is 0.190. The van der Waals surface area contributed by atoms with E-state index in [0.29, 0.717) is 15.8 Å². The topological polar surface area (TPSA) is 181 Å². The lowest BCUT2D eigenvalue weighted by molar-refractivity contribution is 0.0683. The summed E-state index contributed by atoms with van der Waals surface area (Å²) in [4.78, 5) is 52.5. The van der Waals surface area contributed by atoms with Gasteiger partial charge in [-0.25, -0.2) is 14.2 Å². The maximum atomic E-state index is 13.4. The molecule has 1 aliphatic carbocycles. The first-order chi connectivity index (χ1) is 15.7. The van der Waals surface area contributed by atoms with Gasteiger partial charge in [0.15, 0.2) is 0 Å². The minimum atomic E-state index is -1.20. The Morgan fingerprint density at radius 1 is 1.24 bits per heavy atom. The van der Waals surface area contributed by atoms with Crippen molar-refractivity contribution in [2.24, 2.45) is 5.73 Å². The third kappa shape index (κ3) is 4.42. The normalized spacial score (nSPS) is 12.1. The van der Waals surface area contributed by atoms with Crippen molar-refractivity contribution in [3.8, 4) is 0 Å². The number of aryl methyl sites for hydroxylation is 2. The van der Waals surface area contributed by atoms with Gasteiger partial charge in [-0.2, -0.15) is 0 Å². The maximum absolute atomic E-state index is 13.4. The smallest absolute Gasteiger partial charge is 0.372 e. The van der Waals surface area contributed by atoms with Gasteiger partial charge in [0.2, 0.25) is 5.82 Å². The zero-order valence-electron chi connectivity index (χ0n) is 17.4. The van der Waals surface area contributed by atoms with Crippen LogP contribution in [0.1, 0.15) is 33.0 Å². The molecule has 34 heavy (non-hydrogen) atoms. The Labute approximate surface area is 200 Å². The number of carboxylic acid groups (broad SMARTS) is 1. The van der Waals surface area contributed by atoms with E-state index in [4.69, 9.17) is 16.6 Å². The molecule has 0 aliphatic heterocycles.